The topological polar surface area (TPSA) is 121 Å². The average molecular weight is 306 g/mol. The first-order valence-corrected chi connectivity index (χ1v) is 6.00. The number of nitrogens with zero attached hydrogens (tertiary/aromatic N) is 4. The summed E-state index contributed by atoms with van der Waals surface area (Å²) >= 11 is 5.92. The summed E-state index contributed by atoms with van der Waals surface area (Å²) in [6.45, 7) is -0.398. The van der Waals surface area contributed by atoms with Crippen LogP contribution in [0.25, 0.3) is 0 Å². The number of nitrogens with one attached hydrogen (secondary N) is 1. The third kappa shape index (κ3) is 3.55. The Labute approximate surface area is 123 Å². The van der Waals surface area contributed by atoms with Crippen LogP contribution in [0.3, 0.4) is 0 Å². The number of carbonyl (C=O) groups excluding carboxylic acids is 1. The number of benzene rings is 1. The lowest BCUT2D eigenvalue weighted by atomic mass is 10.2. The van der Waals surface area contributed by atoms with Crippen molar-refractivity contribution >= 4 is 29.2 Å². The number of amides is 1. The Hall–Kier alpha value is -2.92. The number of halogens is 1. The summed E-state index contributed by atoms with van der Waals surface area (Å²) in [5, 5.41) is 27.2. The number of rotatable bonds is 4. The minimum Gasteiger partial charge on any atom is -0.480 e. The molecule has 0 bridgehead atoms. The molecule has 21 heavy (non-hydrogen) atoms. The van der Waals surface area contributed by atoms with Crippen LogP contribution < -0.4 is 5.32 Å². The van der Waals surface area contributed by atoms with Crippen LogP contribution in [0.15, 0.2) is 24.4 Å². The molecule has 1 aromatic carbocycles. The Morgan fingerprint density at radius 2 is 2.24 bits per heavy atom. The number of nitriles is 1. The molecule has 0 fully saturated rings. The van der Waals surface area contributed by atoms with E-state index in [0.717, 1.165) is 4.68 Å². The lowest BCUT2D eigenvalue weighted by Crippen LogP contribution is -2.13. The van der Waals surface area contributed by atoms with E-state index >= 15 is 0 Å². The maximum atomic E-state index is 11.9. The zero-order valence-electron chi connectivity index (χ0n) is 10.4. The molecule has 0 aliphatic rings. The van der Waals surface area contributed by atoms with Crippen molar-refractivity contribution in [2.45, 2.75) is 6.54 Å². The Balaban J connectivity index is 2.16. The summed E-state index contributed by atoms with van der Waals surface area (Å²) in [7, 11) is 0. The van der Waals surface area contributed by atoms with E-state index in [-0.39, 0.29) is 16.4 Å². The molecular weight excluding hydrogens is 298 g/mol. The number of hydrogen-bond acceptors (Lipinski definition) is 5. The number of aliphatic carboxylic acids is 1. The van der Waals surface area contributed by atoms with Crippen LogP contribution in [0.2, 0.25) is 5.02 Å². The molecule has 2 N–H and O–H groups in total. The third-order valence-corrected chi connectivity index (χ3v) is 2.74. The Bertz CT molecular complexity index is 750. The zero-order chi connectivity index (χ0) is 15.4. The second-order valence-corrected chi connectivity index (χ2v) is 4.36. The SMILES string of the molecule is N#Cc1ccc(Cl)c(NC(=O)c2cn(CC(=O)O)nn2)c1. The molecule has 0 spiro atoms. The van der Waals surface area contributed by atoms with Crippen molar-refractivity contribution < 1.29 is 14.7 Å². The molecule has 1 amide bonds. The number of carboxylic acid groups (broad SMARTS) is 1. The van der Waals surface area contributed by atoms with Crippen molar-refractivity contribution in [3.05, 3.63) is 40.7 Å². The number of aromatic nitrogens is 3. The van der Waals surface area contributed by atoms with Crippen LogP contribution in [-0.4, -0.2) is 32.0 Å². The van der Waals surface area contributed by atoms with Crippen molar-refractivity contribution in [1.29, 1.82) is 5.26 Å². The van der Waals surface area contributed by atoms with Gasteiger partial charge in [0.1, 0.15) is 6.54 Å². The van der Waals surface area contributed by atoms with Crippen molar-refractivity contribution in [2.75, 3.05) is 5.32 Å². The normalized spacial score (nSPS) is 9.90. The maximum absolute atomic E-state index is 11.9. The van der Waals surface area contributed by atoms with E-state index < -0.39 is 18.4 Å². The summed E-state index contributed by atoms with van der Waals surface area (Å²) in [4.78, 5) is 22.5. The molecular formula is C12H8ClN5O3. The second kappa shape index (κ2) is 6.02. The first kappa shape index (κ1) is 14.5. The van der Waals surface area contributed by atoms with E-state index in [9.17, 15) is 9.59 Å². The van der Waals surface area contributed by atoms with Crippen LogP contribution in [-0.2, 0) is 11.3 Å². The van der Waals surface area contributed by atoms with Gasteiger partial charge in [0.2, 0.25) is 0 Å². The lowest BCUT2D eigenvalue weighted by Gasteiger charge is -2.05. The minimum absolute atomic E-state index is 0.0605. The van der Waals surface area contributed by atoms with Gasteiger partial charge in [-0.25, -0.2) is 4.68 Å². The second-order valence-electron chi connectivity index (χ2n) is 3.96. The predicted octanol–water partition coefficient (Wildman–Crippen LogP) is 1.14. The van der Waals surface area contributed by atoms with Gasteiger partial charge in [-0.1, -0.05) is 16.8 Å². The highest BCUT2D eigenvalue weighted by Crippen LogP contribution is 2.23. The molecule has 0 saturated carbocycles. The summed E-state index contributed by atoms with van der Waals surface area (Å²) in [5.41, 5.74) is 0.535. The van der Waals surface area contributed by atoms with E-state index in [1.54, 1.807) is 0 Å². The molecule has 1 aromatic heterocycles. The number of carbonyl (C=O) groups is 2. The van der Waals surface area contributed by atoms with Crippen LogP contribution in [0, 0.1) is 11.3 Å². The van der Waals surface area contributed by atoms with Crippen LogP contribution in [0.4, 0.5) is 5.69 Å². The molecule has 8 nitrogen and oxygen atoms in total. The van der Waals surface area contributed by atoms with Gasteiger partial charge in [0.05, 0.1) is 28.5 Å². The van der Waals surface area contributed by atoms with Crippen LogP contribution >= 0.6 is 11.6 Å². The molecule has 0 atom stereocenters. The van der Waals surface area contributed by atoms with Gasteiger partial charge in [0, 0.05) is 0 Å². The summed E-state index contributed by atoms with van der Waals surface area (Å²) < 4.78 is 1.02. The lowest BCUT2D eigenvalue weighted by molar-refractivity contribution is -0.137. The van der Waals surface area contributed by atoms with E-state index in [2.05, 4.69) is 15.6 Å². The van der Waals surface area contributed by atoms with E-state index in [4.69, 9.17) is 22.0 Å². The van der Waals surface area contributed by atoms with Gasteiger partial charge in [0.15, 0.2) is 5.69 Å². The van der Waals surface area contributed by atoms with Gasteiger partial charge in [-0.05, 0) is 18.2 Å². The highest BCUT2D eigenvalue weighted by molar-refractivity contribution is 6.33. The largest absolute Gasteiger partial charge is 0.480 e. The van der Waals surface area contributed by atoms with Gasteiger partial charge in [-0.15, -0.1) is 5.10 Å². The molecule has 0 radical (unpaired) electrons. The molecule has 2 aromatic rings. The van der Waals surface area contributed by atoms with Gasteiger partial charge < -0.3 is 10.4 Å². The van der Waals surface area contributed by atoms with Crippen molar-refractivity contribution in [1.82, 2.24) is 15.0 Å². The third-order valence-electron chi connectivity index (χ3n) is 2.41. The van der Waals surface area contributed by atoms with Crippen molar-refractivity contribution in [2.24, 2.45) is 0 Å². The maximum Gasteiger partial charge on any atom is 0.325 e. The Morgan fingerprint density at radius 3 is 2.90 bits per heavy atom. The van der Waals surface area contributed by atoms with E-state index in [1.165, 1.54) is 24.4 Å². The van der Waals surface area contributed by atoms with Crippen molar-refractivity contribution in [3.8, 4) is 6.07 Å². The average Bonchev–Trinajstić information content (AvgIpc) is 2.89. The van der Waals surface area contributed by atoms with Gasteiger partial charge in [-0.3, -0.25) is 9.59 Å². The number of hydrogen-bond donors (Lipinski definition) is 2. The van der Waals surface area contributed by atoms with Crippen molar-refractivity contribution in [3.63, 3.8) is 0 Å². The number of carboxylic acids is 1. The molecule has 1 heterocycles. The smallest absolute Gasteiger partial charge is 0.325 e. The minimum atomic E-state index is -1.10. The fraction of sp³-hybridized carbons (Fsp3) is 0.0833. The zero-order valence-corrected chi connectivity index (χ0v) is 11.2. The van der Waals surface area contributed by atoms with Crippen LogP contribution in [0.5, 0.6) is 0 Å². The molecule has 0 aliphatic carbocycles. The fourth-order valence-electron chi connectivity index (χ4n) is 1.50. The first-order chi connectivity index (χ1) is 9.99. The quantitative estimate of drug-likeness (QED) is 0.873. The van der Waals surface area contributed by atoms with E-state index in [1.807, 2.05) is 6.07 Å². The first-order valence-electron chi connectivity index (χ1n) is 5.62. The Morgan fingerprint density at radius 1 is 1.48 bits per heavy atom. The molecule has 106 valence electrons. The van der Waals surface area contributed by atoms with Crippen LogP contribution in [0.1, 0.15) is 16.1 Å². The highest BCUT2D eigenvalue weighted by atomic mass is 35.5. The molecule has 0 aliphatic heterocycles. The van der Waals surface area contributed by atoms with Gasteiger partial charge >= 0.3 is 5.97 Å². The highest BCUT2D eigenvalue weighted by Gasteiger charge is 2.14. The molecule has 9 heteroatoms. The summed E-state index contributed by atoms with van der Waals surface area (Å²) in [6, 6.07) is 6.34. The summed E-state index contributed by atoms with van der Waals surface area (Å²) in [6.07, 6.45) is 1.20. The molecule has 0 unspecified atom stereocenters. The number of anilines is 1. The summed E-state index contributed by atoms with van der Waals surface area (Å²) in [5.74, 6) is -1.71. The standard InChI is InChI=1S/C12H8ClN5O3/c13-8-2-1-7(4-14)3-9(8)15-12(21)10-5-18(17-16-10)6-11(19)20/h1-3,5H,6H2,(H,15,21)(H,19,20). The predicted molar refractivity (Wildman–Crippen MR) is 71.8 cm³/mol. The molecule has 2 rings (SSSR count). The fourth-order valence-corrected chi connectivity index (χ4v) is 1.66. The van der Waals surface area contributed by atoms with E-state index in [0.29, 0.717) is 5.56 Å². The molecule has 0 saturated heterocycles. The Kier molecular flexibility index (Phi) is 4.15. The van der Waals surface area contributed by atoms with Gasteiger partial charge in [0.25, 0.3) is 5.91 Å². The van der Waals surface area contributed by atoms with Gasteiger partial charge in [-0.2, -0.15) is 5.26 Å². The monoisotopic (exact) mass is 305 g/mol.